The molecule has 160 valence electrons. The van der Waals surface area contributed by atoms with Crippen LogP contribution < -0.4 is 0 Å². The van der Waals surface area contributed by atoms with Crippen molar-refractivity contribution in [1.29, 1.82) is 0 Å². The van der Waals surface area contributed by atoms with Crippen LogP contribution in [-0.4, -0.2) is 23.1 Å². The zero-order valence-electron chi connectivity index (χ0n) is 18.1. The summed E-state index contributed by atoms with van der Waals surface area (Å²) >= 11 is 0. The first-order valence-electron chi connectivity index (χ1n) is 11.6. The van der Waals surface area contributed by atoms with Crippen LogP contribution in [0.1, 0.15) is 70.8 Å². The molecule has 0 bridgehead atoms. The molecule has 0 heterocycles. The molecular formula is C26H33FN2O. The third-order valence-electron chi connectivity index (χ3n) is 9.07. The van der Waals surface area contributed by atoms with Crippen molar-refractivity contribution in [3.8, 4) is 0 Å². The summed E-state index contributed by atoms with van der Waals surface area (Å²) in [6.07, 6.45) is 12.9. The quantitative estimate of drug-likeness (QED) is 0.368. The lowest BCUT2D eigenvalue weighted by Crippen LogP contribution is -2.50. The molecule has 0 radical (unpaired) electrons. The maximum Gasteiger partial charge on any atom is 0.123 e. The minimum absolute atomic E-state index is 0.140. The average Bonchev–Trinajstić information content (AvgIpc) is 3.06. The van der Waals surface area contributed by atoms with Gasteiger partial charge in [0.05, 0.1) is 12.3 Å². The van der Waals surface area contributed by atoms with Crippen molar-refractivity contribution in [2.75, 3.05) is 0 Å². The van der Waals surface area contributed by atoms with Gasteiger partial charge in [-0.3, -0.25) is 0 Å². The molecule has 0 aromatic heterocycles. The molecule has 1 aromatic carbocycles. The molecule has 6 atom stereocenters. The monoisotopic (exact) mass is 408 g/mol. The molecule has 3 saturated carbocycles. The third kappa shape index (κ3) is 3.19. The molecule has 4 aliphatic carbocycles. The Hall–Kier alpha value is -1.81. The molecule has 1 N–H and O–H groups in total. The van der Waals surface area contributed by atoms with Gasteiger partial charge in [-0.1, -0.05) is 37.6 Å². The molecule has 0 saturated heterocycles. The fourth-order valence-corrected chi connectivity index (χ4v) is 7.31. The number of nitrogens with zero attached hydrogens (tertiary/aromatic N) is 2. The third-order valence-corrected chi connectivity index (χ3v) is 9.07. The topological polar surface area (TPSA) is 45.0 Å². The molecule has 3 fully saturated rings. The van der Waals surface area contributed by atoms with Gasteiger partial charge >= 0.3 is 0 Å². The minimum Gasteiger partial charge on any atom is -0.393 e. The molecule has 3 nitrogen and oxygen atoms in total. The normalized spacial score (nSPS) is 42.0. The minimum atomic E-state index is -0.229. The number of benzene rings is 1. The Morgan fingerprint density at radius 1 is 1.03 bits per heavy atom. The van der Waals surface area contributed by atoms with E-state index in [0.717, 1.165) is 49.5 Å². The van der Waals surface area contributed by atoms with E-state index in [2.05, 4.69) is 30.1 Å². The molecule has 4 heteroatoms. The first-order chi connectivity index (χ1) is 14.4. The summed E-state index contributed by atoms with van der Waals surface area (Å²) in [5.74, 6) is 1.91. The number of hydrogen-bond donors (Lipinski definition) is 1. The van der Waals surface area contributed by atoms with E-state index in [4.69, 9.17) is 0 Å². The molecule has 30 heavy (non-hydrogen) atoms. The number of fused-ring (bicyclic) bond motifs is 5. The Labute approximate surface area is 179 Å². The molecule has 5 rings (SSSR count). The second-order valence-corrected chi connectivity index (χ2v) is 10.5. The number of aliphatic hydroxyl groups is 1. The number of halogens is 1. The highest BCUT2D eigenvalue weighted by atomic mass is 19.1. The van der Waals surface area contributed by atoms with Crippen molar-refractivity contribution >= 4 is 11.9 Å². The standard InChI is InChI=1S/C26H33FN2O/c1-25-13-11-20(30)15-18(25)5-8-21-22-9-10-24(26(22,2)14-12-23(21)25)29-28-16-17-3-6-19(27)7-4-17/h3-7,16,20-23,30H,8-15H2,1-2H3/b28-16+,29-24+/t20?,21?,22?,23?,25-,26-/m1/s1. The summed E-state index contributed by atoms with van der Waals surface area (Å²) < 4.78 is 13.1. The van der Waals surface area contributed by atoms with Crippen molar-refractivity contribution in [1.82, 2.24) is 0 Å². The van der Waals surface area contributed by atoms with Gasteiger partial charge in [0, 0.05) is 11.1 Å². The van der Waals surface area contributed by atoms with Crippen LogP contribution in [0.4, 0.5) is 4.39 Å². The predicted octanol–water partition coefficient (Wildman–Crippen LogP) is 5.92. The summed E-state index contributed by atoms with van der Waals surface area (Å²) in [6.45, 7) is 4.89. The van der Waals surface area contributed by atoms with Gasteiger partial charge in [-0.05, 0) is 92.2 Å². The van der Waals surface area contributed by atoms with E-state index in [1.165, 1.54) is 42.7 Å². The van der Waals surface area contributed by atoms with E-state index in [0.29, 0.717) is 5.92 Å². The van der Waals surface area contributed by atoms with E-state index in [1.54, 1.807) is 18.3 Å². The van der Waals surface area contributed by atoms with E-state index >= 15 is 0 Å². The van der Waals surface area contributed by atoms with Crippen molar-refractivity contribution in [2.45, 2.75) is 71.3 Å². The average molecular weight is 409 g/mol. The van der Waals surface area contributed by atoms with Crippen molar-refractivity contribution in [3.05, 3.63) is 47.3 Å². The van der Waals surface area contributed by atoms with E-state index in [-0.39, 0.29) is 22.8 Å². The number of hydrogen-bond acceptors (Lipinski definition) is 3. The zero-order chi connectivity index (χ0) is 20.9. The van der Waals surface area contributed by atoms with Crippen LogP contribution >= 0.6 is 0 Å². The molecule has 0 spiro atoms. The molecule has 4 unspecified atom stereocenters. The summed E-state index contributed by atoms with van der Waals surface area (Å²) in [6, 6.07) is 6.38. The Kier molecular flexibility index (Phi) is 4.96. The summed E-state index contributed by atoms with van der Waals surface area (Å²) in [7, 11) is 0. The first-order valence-corrected chi connectivity index (χ1v) is 11.6. The molecule has 0 aliphatic heterocycles. The largest absolute Gasteiger partial charge is 0.393 e. The summed E-state index contributed by atoms with van der Waals surface area (Å²) in [5.41, 5.74) is 4.09. The van der Waals surface area contributed by atoms with E-state index < -0.39 is 0 Å². The molecule has 0 amide bonds. The van der Waals surface area contributed by atoms with Crippen molar-refractivity contribution < 1.29 is 9.50 Å². The summed E-state index contributed by atoms with van der Waals surface area (Å²) in [5, 5.41) is 19.2. The predicted molar refractivity (Wildman–Crippen MR) is 119 cm³/mol. The van der Waals surface area contributed by atoms with Gasteiger partial charge in [0.1, 0.15) is 5.82 Å². The van der Waals surface area contributed by atoms with Crippen LogP contribution in [0.3, 0.4) is 0 Å². The highest BCUT2D eigenvalue weighted by Crippen LogP contribution is 2.64. The van der Waals surface area contributed by atoms with E-state index in [9.17, 15) is 9.50 Å². The second-order valence-electron chi connectivity index (χ2n) is 10.5. The summed E-state index contributed by atoms with van der Waals surface area (Å²) in [4.78, 5) is 0. The number of allylic oxidation sites excluding steroid dienone is 1. The maximum atomic E-state index is 13.1. The fraction of sp³-hybridized carbons (Fsp3) is 0.615. The number of rotatable bonds is 2. The highest BCUT2D eigenvalue weighted by molar-refractivity contribution is 5.93. The van der Waals surface area contributed by atoms with Gasteiger partial charge in [-0.2, -0.15) is 10.2 Å². The Morgan fingerprint density at radius 2 is 1.77 bits per heavy atom. The lowest BCUT2D eigenvalue weighted by Gasteiger charge is -2.57. The number of aliphatic hydroxyl groups excluding tert-OH is 1. The molecule has 4 aliphatic rings. The van der Waals surface area contributed by atoms with Gasteiger partial charge in [-0.15, -0.1) is 0 Å². The van der Waals surface area contributed by atoms with Gasteiger partial charge < -0.3 is 5.11 Å². The Balaban J connectivity index is 1.37. The molecule has 1 aromatic rings. The van der Waals surface area contributed by atoms with Crippen LogP contribution in [0.2, 0.25) is 0 Å². The lowest BCUT2D eigenvalue weighted by molar-refractivity contribution is -0.0209. The van der Waals surface area contributed by atoms with Crippen LogP contribution in [0.25, 0.3) is 0 Å². The first kappa shape index (κ1) is 20.1. The van der Waals surface area contributed by atoms with Crippen LogP contribution in [0.15, 0.2) is 46.1 Å². The van der Waals surface area contributed by atoms with Crippen LogP contribution in [-0.2, 0) is 0 Å². The Morgan fingerprint density at radius 3 is 2.57 bits per heavy atom. The van der Waals surface area contributed by atoms with Gasteiger partial charge in [0.15, 0.2) is 0 Å². The smallest absolute Gasteiger partial charge is 0.123 e. The van der Waals surface area contributed by atoms with Crippen molar-refractivity contribution in [3.63, 3.8) is 0 Å². The van der Waals surface area contributed by atoms with Gasteiger partial charge in [0.2, 0.25) is 0 Å². The van der Waals surface area contributed by atoms with Crippen LogP contribution in [0.5, 0.6) is 0 Å². The molecular weight excluding hydrogens is 375 g/mol. The van der Waals surface area contributed by atoms with E-state index in [1.807, 2.05) is 0 Å². The van der Waals surface area contributed by atoms with Crippen molar-refractivity contribution in [2.24, 2.45) is 38.8 Å². The Bertz CT molecular complexity index is 904. The zero-order valence-corrected chi connectivity index (χ0v) is 18.1. The fourth-order valence-electron chi connectivity index (χ4n) is 7.31. The van der Waals surface area contributed by atoms with Gasteiger partial charge in [-0.25, -0.2) is 4.39 Å². The maximum absolute atomic E-state index is 13.1. The lowest BCUT2D eigenvalue weighted by atomic mass is 9.48. The second kappa shape index (κ2) is 7.40. The highest BCUT2D eigenvalue weighted by Gasteiger charge is 2.57. The SMILES string of the molecule is C[C@@]12CCC3C(CC=C4CC(O)CC[C@]43C)C1CC/C2=N\N=C\c1ccc(F)cc1. The van der Waals surface area contributed by atoms with Crippen LogP contribution in [0, 0.1) is 34.4 Å². The van der Waals surface area contributed by atoms with Gasteiger partial charge in [0.25, 0.3) is 0 Å².